The van der Waals surface area contributed by atoms with Crippen molar-refractivity contribution in [3.8, 4) is 5.75 Å². The van der Waals surface area contributed by atoms with E-state index in [4.69, 9.17) is 4.74 Å². The first-order chi connectivity index (χ1) is 13.7. The highest BCUT2D eigenvalue weighted by molar-refractivity contribution is 5.70. The van der Waals surface area contributed by atoms with Crippen LogP contribution in [0.3, 0.4) is 0 Å². The van der Waals surface area contributed by atoms with Gasteiger partial charge in [0.2, 0.25) is 0 Å². The summed E-state index contributed by atoms with van der Waals surface area (Å²) in [4.78, 5) is 14.4. The first-order valence-electron chi connectivity index (χ1n) is 10.3. The van der Waals surface area contributed by atoms with Crippen molar-refractivity contribution in [3.63, 3.8) is 0 Å². The van der Waals surface area contributed by atoms with Gasteiger partial charge in [0.05, 0.1) is 13.0 Å². The molecule has 0 spiro atoms. The highest BCUT2D eigenvalue weighted by Crippen LogP contribution is 2.29. The van der Waals surface area contributed by atoms with Gasteiger partial charge in [0.25, 0.3) is 0 Å². The molecule has 1 N–H and O–H groups in total. The molecule has 28 heavy (non-hydrogen) atoms. The van der Waals surface area contributed by atoms with E-state index in [-0.39, 0.29) is 11.8 Å². The lowest BCUT2D eigenvalue weighted by atomic mass is 9.81. The molecule has 0 aromatic heterocycles. The van der Waals surface area contributed by atoms with Crippen LogP contribution in [0.25, 0.3) is 0 Å². The summed E-state index contributed by atoms with van der Waals surface area (Å²) in [6.45, 7) is 3.05. The molecule has 3 rings (SSSR count). The van der Waals surface area contributed by atoms with Crippen LogP contribution in [-0.4, -0.2) is 42.7 Å². The molecule has 2 aromatic carbocycles. The molecule has 0 saturated carbocycles. The van der Waals surface area contributed by atoms with Gasteiger partial charge in [0.15, 0.2) is 0 Å². The Kier molecular flexibility index (Phi) is 7.49. The summed E-state index contributed by atoms with van der Waals surface area (Å²) in [6, 6.07) is 18.5. The number of nitrogens with zero attached hydrogens (tertiary/aromatic N) is 1. The Bertz CT molecular complexity index is 739. The molecule has 1 aliphatic heterocycles. The number of carboxylic acid groups (broad SMARTS) is 1. The van der Waals surface area contributed by atoms with Gasteiger partial charge in [-0.15, -0.1) is 0 Å². The van der Waals surface area contributed by atoms with Gasteiger partial charge in [0.1, 0.15) is 5.75 Å². The van der Waals surface area contributed by atoms with Crippen LogP contribution in [0.5, 0.6) is 5.75 Å². The van der Waals surface area contributed by atoms with E-state index in [0.29, 0.717) is 6.42 Å². The normalized spacial score (nSPS) is 16.6. The highest BCUT2D eigenvalue weighted by Gasteiger charge is 2.30. The van der Waals surface area contributed by atoms with Crippen molar-refractivity contribution in [3.05, 3.63) is 65.7 Å². The summed E-state index contributed by atoms with van der Waals surface area (Å²) in [6.07, 6.45) is 4.48. The molecule has 1 aliphatic rings. The zero-order valence-electron chi connectivity index (χ0n) is 16.7. The minimum Gasteiger partial charge on any atom is -0.497 e. The number of hydrogen-bond donors (Lipinski definition) is 1. The second kappa shape index (κ2) is 10.3. The van der Waals surface area contributed by atoms with Crippen molar-refractivity contribution in [2.24, 2.45) is 11.8 Å². The van der Waals surface area contributed by atoms with Crippen molar-refractivity contribution in [2.75, 3.05) is 26.7 Å². The molecule has 4 nitrogen and oxygen atoms in total. The van der Waals surface area contributed by atoms with Crippen LogP contribution >= 0.6 is 0 Å². The average Bonchev–Trinajstić information content (AvgIpc) is 2.74. The fourth-order valence-electron chi connectivity index (χ4n) is 4.22. The maximum Gasteiger partial charge on any atom is 0.306 e. The van der Waals surface area contributed by atoms with Gasteiger partial charge in [-0.1, -0.05) is 42.5 Å². The molecule has 1 saturated heterocycles. The van der Waals surface area contributed by atoms with Crippen LogP contribution in [0.1, 0.15) is 30.4 Å². The van der Waals surface area contributed by atoms with Gasteiger partial charge >= 0.3 is 5.97 Å². The van der Waals surface area contributed by atoms with Gasteiger partial charge in [-0.2, -0.15) is 0 Å². The molecule has 1 unspecified atom stereocenters. The molecule has 0 aliphatic carbocycles. The van der Waals surface area contributed by atoms with Crippen LogP contribution in [-0.2, 0) is 17.6 Å². The minimum absolute atomic E-state index is 0.262. The third kappa shape index (κ3) is 5.83. The van der Waals surface area contributed by atoms with Crippen molar-refractivity contribution in [1.82, 2.24) is 4.90 Å². The van der Waals surface area contributed by atoms with E-state index in [2.05, 4.69) is 29.2 Å². The van der Waals surface area contributed by atoms with Crippen molar-refractivity contribution in [2.45, 2.75) is 32.1 Å². The van der Waals surface area contributed by atoms with Crippen LogP contribution in [0.4, 0.5) is 0 Å². The summed E-state index contributed by atoms with van der Waals surface area (Å²) in [5, 5.41) is 9.78. The molecule has 150 valence electrons. The fraction of sp³-hybridized carbons (Fsp3) is 0.458. The van der Waals surface area contributed by atoms with Crippen LogP contribution in [0.2, 0.25) is 0 Å². The number of aryl methyl sites for hydroxylation is 1. The number of aliphatic carboxylic acids is 1. The number of likely N-dealkylation sites (tertiary alicyclic amines) is 1. The van der Waals surface area contributed by atoms with Crippen molar-refractivity contribution >= 4 is 5.97 Å². The van der Waals surface area contributed by atoms with Gasteiger partial charge in [-0.3, -0.25) is 4.79 Å². The largest absolute Gasteiger partial charge is 0.497 e. The zero-order valence-corrected chi connectivity index (χ0v) is 16.7. The van der Waals surface area contributed by atoms with Gasteiger partial charge in [0, 0.05) is 6.54 Å². The Balaban J connectivity index is 1.48. The van der Waals surface area contributed by atoms with Gasteiger partial charge in [-0.05, 0) is 74.4 Å². The number of piperidine rings is 1. The monoisotopic (exact) mass is 381 g/mol. The summed E-state index contributed by atoms with van der Waals surface area (Å²) >= 11 is 0. The first-order valence-corrected chi connectivity index (χ1v) is 10.3. The summed E-state index contributed by atoms with van der Waals surface area (Å²) in [5.41, 5.74) is 2.51. The third-order valence-corrected chi connectivity index (χ3v) is 5.96. The molecule has 1 heterocycles. The molecule has 4 heteroatoms. The molecule has 1 atom stereocenters. The fourth-order valence-corrected chi connectivity index (χ4v) is 4.22. The zero-order chi connectivity index (χ0) is 19.8. The first kappa shape index (κ1) is 20.4. The maximum atomic E-state index is 11.9. The number of benzene rings is 2. The quantitative estimate of drug-likeness (QED) is 0.704. The standard InChI is InChI=1S/C24H31NO3/c1-28-22-9-5-8-20(18-22)10-11-23(24(26)27)21-13-16-25(17-14-21)15-12-19-6-3-2-4-7-19/h2-9,18,21,23H,10-17H2,1H3,(H,26,27). The number of ether oxygens (including phenoxy) is 1. The second-order valence-corrected chi connectivity index (χ2v) is 7.75. The lowest BCUT2D eigenvalue weighted by molar-refractivity contribution is -0.144. The summed E-state index contributed by atoms with van der Waals surface area (Å²) in [5.74, 6) is 0.195. The van der Waals surface area contributed by atoms with Crippen LogP contribution in [0, 0.1) is 11.8 Å². The molecule has 0 amide bonds. The topological polar surface area (TPSA) is 49.8 Å². The van der Waals surface area contributed by atoms with E-state index in [9.17, 15) is 9.90 Å². The average molecular weight is 382 g/mol. The van der Waals surface area contributed by atoms with Gasteiger partial charge < -0.3 is 14.7 Å². The number of hydrogen-bond acceptors (Lipinski definition) is 3. The Morgan fingerprint density at radius 2 is 1.79 bits per heavy atom. The molecule has 2 aromatic rings. The number of carboxylic acids is 1. The van der Waals surface area contributed by atoms with E-state index in [1.54, 1.807) is 7.11 Å². The minimum atomic E-state index is -0.648. The van der Waals surface area contributed by atoms with E-state index < -0.39 is 5.97 Å². The summed E-state index contributed by atoms with van der Waals surface area (Å²) < 4.78 is 5.27. The molecule has 1 fully saturated rings. The number of carbonyl (C=O) groups is 1. The van der Waals surface area contributed by atoms with E-state index in [1.165, 1.54) is 5.56 Å². The maximum absolute atomic E-state index is 11.9. The smallest absolute Gasteiger partial charge is 0.306 e. The Labute approximate surface area is 168 Å². The van der Waals surface area contributed by atoms with Crippen molar-refractivity contribution < 1.29 is 14.6 Å². The molecule has 0 radical (unpaired) electrons. The van der Waals surface area contributed by atoms with Crippen LogP contribution < -0.4 is 4.74 Å². The van der Waals surface area contributed by atoms with Crippen LogP contribution in [0.15, 0.2) is 54.6 Å². The lowest BCUT2D eigenvalue weighted by Crippen LogP contribution is -2.39. The Morgan fingerprint density at radius 1 is 1.07 bits per heavy atom. The molecule has 0 bridgehead atoms. The van der Waals surface area contributed by atoms with Crippen molar-refractivity contribution in [1.29, 1.82) is 0 Å². The highest BCUT2D eigenvalue weighted by atomic mass is 16.5. The predicted molar refractivity (Wildman–Crippen MR) is 112 cm³/mol. The summed E-state index contributed by atoms with van der Waals surface area (Å²) in [7, 11) is 1.66. The van der Waals surface area contributed by atoms with E-state index in [0.717, 1.165) is 56.6 Å². The number of rotatable bonds is 9. The molecular weight excluding hydrogens is 350 g/mol. The van der Waals surface area contributed by atoms with Gasteiger partial charge in [-0.25, -0.2) is 0 Å². The van der Waals surface area contributed by atoms with E-state index >= 15 is 0 Å². The van der Waals surface area contributed by atoms with E-state index in [1.807, 2.05) is 30.3 Å². The SMILES string of the molecule is COc1cccc(CCC(C(=O)O)C2CCN(CCc3ccccc3)CC2)c1. The molecular formula is C24H31NO3. The number of methoxy groups -OCH3 is 1. The second-order valence-electron chi connectivity index (χ2n) is 7.75. The Morgan fingerprint density at radius 3 is 2.46 bits per heavy atom. The predicted octanol–water partition coefficient (Wildman–Crippen LogP) is 4.28. The third-order valence-electron chi connectivity index (χ3n) is 5.96. The lowest BCUT2D eigenvalue weighted by Gasteiger charge is -2.34. The Hall–Kier alpha value is -2.33.